The molecule has 162 valence electrons. The maximum Gasteiger partial charge on any atom is 0.254 e. The molecule has 0 unspecified atom stereocenters. The van der Waals surface area contributed by atoms with E-state index in [4.69, 9.17) is 9.47 Å². The molecular weight excluding hydrogens is 406 g/mol. The fourth-order valence-electron chi connectivity index (χ4n) is 3.15. The topological polar surface area (TPSA) is 88.2 Å². The van der Waals surface area contributed by atoms with E-state index in [1.807, 2.05) is 6.07 Å². The lowest BCUT2D eigenvalue weighted by Crippen LogP contribution is -2.40. The molecule has 0 aliphatic carbocycles. The Morgan fingerprint density at radius 2 is 1.90 bits per heavy atom. The first-order valence-corrected chi connectivity index (χ1v) is 11.1. The lowest BCUT2D eigenvalue weighted by molar-refractivity contribution is 0.0303. The van der Waals surface area contributed by atoms with Crippen molar-refractivity contribution in [2.75, 3.05) is 52.8 Å². The molecule has 0 radical (unpaired) electrons. The number of nitrogens with zero attached hydrogens (tertiary/aromatic N) is 2. The van der Waals surface area contributed by atoms with E-state index in [1.165, 1.54) is 18.4 Å². The number of anilines is 1. The van der Waals surface area contributed by atoms with Crippen LogP contribution in [0.1, 0.15) is 15.9 Å². The fourth-order valence-corrected chi connectivity index (χ4v) is 4.12. The third kappa shape index (κ3) is 4.92. The molecule has 9 heteroatoms. The van der Waals surface area contributed by atoms with Crippen LogP contribution in [0.2, 0.25) is 0 Å². The van der Waals surface area contributed by atoms with Gasteiger partial charge in [-0.1, -0.05) is 12.1 Å². The number of nitrogens with one attached hydrogen (secondary N) is 1. The SMILES string of the molecule is COc1ccc(C(=O)N2CCOCC2)cc1NCc1cccc(S(=O)(=O)N(C)C)c1. The van der Waals surface area contributed by atoms with Gasteiger partial charge in [-0.15, -0.1) is 0 Å². The predicted molar refractivity (Wildman–Crippen MR) is 114 cm³/mol. The van der Waals surface area contributed by atoms with E-state index < -0.39 is 10.0 Å². The summed E-state index contributed by atoms with van der Waals surface area (Å²) in [5, 5.41) is 3.26. The quantitative estimate of drug-likeness (QED) is 0.719. The van der Waals surface area contributed by atoms with Crippen molar-refractivity contribution < 1.29 is 22.7 Å². The van der Waals surface area contributed by atoms with E-state index in [-0.39, 0.29) is 10.8 Å². The molecule has 2 aromatic carbocycles. The summed E-state index contributed by atoms with van der Waals surface area (Å²) in [7, 11) is 1.06. The second-order valence-electron chi connectivity index (χ2n) is 7.11. The maximum atomic E-state index is 12.8. The van der Waals surface area contributed by atoms with Gasteiger partial charge in [0.15, 0.2) is 0 Å². The first kappa shape index (κ1) is 22.1. The highest BCUT2D eigenvalue weighted by Crippen LogP contribution is 2.27. The predicted octanol–water partition coefficient (Wildman–Crippen LogP) is 2.03. The zero-order chi connectivity index (χ0) is 21.7. The molecule has 1 amide bonds. The highest BCUT2D eigenvalue weighted by atomic mass is 32.2. The summed E-state index contributed by atoms with van der Waals surface area (Å²) in [6.07, 6.45) is 0. The van der Waals surface area contributed by atoms with Crippen molar-refractivity contribution in [1.29, 1.82) is 0 Å². The van der Waals surface area contributed by atoms with Crippen LogP contribution >= 0.6 is 0 Å². The summed E-state index contributed by atoms with van der Waals surface area (Å²) >= 11 is 0. The molecule has 1 heterocycles. The van der Waals surface area contributed by atoms with Gasteiger partial charge in [-0.2, -0.15) is 0 Å². The number of hydrogen-bond acceptors (Lipinski definition) is 6. The second kappa shape index (κ2) is 9.46. The molecular formula is C21H27N3O5S. The molecule has 1 fully saturated rings. The Bertz CT molecular complexity index is 1000. The van der Waals surface area contributed by atoms with Gasteiger partial charge >= 0.3 is 0 Å². The molecule has 0 saturated carbocycles. The van der Waals surface area contributed by atoms with E-state index in [1.54, 1.807) is 48.4 Å². The first-order chi connectivity index (χ1) is 14.3. The van der Waals surface area contributed by atoms with Crippen molar-refractivity contribution in [3.63, 3.8) is 0 Å². The Hall–Kier alpha value is -2.62. The van der Waals surface area contributed by atoms with Gasteiger partial charge in [0.2, 0.25) is 10.0 Å². The summed E-state index contributed by atoms with van der Waals surface area (Å²) < 4.78 is 36.6. The normalized spacial score (nSPS) is 14.6. The maximum absolute atomic E-state index is 12.8. The number of amides is 1. The summed E-state index contributed by atoms with van der Waals surface area (Å²) in [5.74, 6) is 0.550. The van der Waals surface area contributed by atoms with Crippen molar-refractivity contribution in [3.8, 4) is 5.75 Å². The van der Waals surface area contributed by atoms with E-state index >= 15 is 0 Å². The Morgan fingerprint density at radius 3 is 2.57 bits per heavy atom. The van der Waals surface area contributed by atoms with Crippen LogP contribution in [-0.2, 0) is 21.3 Å². The van der Waals surface area contributed by atoms with E-state index in [9.17, 15) is 13.2 Å². The van der Waals surface area contributed by atoms with Crippen molar-refractivity contribution in [3.05, 3.63) is 53.6 Å². The first-order valence-electron chi connectivity index (χ1n) is 9.63. The van der Waals surface area contributed by atoms with Gasteiger partial charge in [0.25, 0.3) is 5.91 Å². The lowest BCUT2D eigenvalue weighted by atomic mass is 10.1. The van der Waals surface area contributed by atoms with Crippen molar-refractivity contribution in [2.24, 2.45) is 0 Å². The van der Waals surface area contributed by atoms with Gasteiger partial charge < -0.3 is 19.7 Å². The van der Waals surface area contributed by atoms with E-state index in [0.717, 1.165) is 5.56 Å². The second-order valence-corrected chi connectivity index (χ2v) is 9.26. The minimum Gasteiger partial charge on any atom is -0.495 e. The molecule has 3 rings (SSSR count). The highest BCUT2D eigenvalue weighted by Gasteiger charge is 2.20. The third-order valence-corrected chi connectivity index (χ3v) is 6.72. The van der Waals surface area contributed by atoms with Crippen LogP contribution in [0.3, 0.4) is 0 Å². The smallest absolute Gasteiger partial charge is 0.254 e. The van der Waals surface area contributed by atoms with Crippen LogP contribution in [0.4, 0.5) is 5.69 Å². The Morgan fingerprint density at radius 1 is 1.17 bits per heavy atom. The monoisotopic (exact) mass is 433 g/mol. The van der Waals surface area contributed by atoms with Gasteiger partial charge in [-0.3, -0.25) is 4.79 Å². The average molecular weight is 434 g/mol. The zero-order valence-electron chi connectivity index (χ0n) is 17.4. The lowest BCUT2D eigenvalue weighted by Gasteiger charge is -2.27. The third-order valence-electron chi connectivity index (χ3n) is 4.90. The number of hydrogen-bond donors (Lipinski definition) is 1. The number of carbonyl (C=O) groups excluding carboxylic acids is 1. The van der Waals surface area contributed by atoms with Gasteiger partial charge in [-0.05, 0) is 35.9 Å². The molecule has 1 aliphatic rings. The van der Waals surface area contributed by atoms with Crippen LogP contribution in [0.5, 0.6) is 5.75 Å². The molecule has 2 aromatic rings. The van der Waals surface area contributed by atoms with Crippen molar-refractivity contribution >= 4 is 21.6 Å². The van der Waals surface area contributed by atoms with E-state index in [2.05, 4.69) is 5.32 Å². The Kier molecular flexibility index (Phi) is 6.96. The summed E-state index contributed by atoms with van der Waals surface area (Å²) in [6.45, 7) is 2.60. The van der Waals surface area contributed by atoms with Crippen LogP contribution < -0.4 is 10.1 Å². The standard InChI is InChI=1S/C21H27N3O5S/c1-23(2)30(26,27)18-6-4-5-16(13-18)15-22-19-14-17(7-8-20(19)28-3)21(25)24-9-11-29-12-10-24/h4-8,13-14,22H,9-12,15H2,1-3H3. The average Bonchev–Trinajstić information content (AvgIpc) is 2.77. The molecule has 0 bridgehead atoms. The molecule has 8 nitrogen and oxygen atoms in total. The number of methoxy groups -OCH3 is 1. The van der Waals surface area contributed by atoms with E-state index in [0.29, 0.717) is 49.8 Å². The summed E-state index contributed by atoms with van der Waals surface area (Å²) in [5.41, 5.74) is 2.02. The van der Waals surface area contributed by atoms with Crippen LogP contribution in [0.15, 0.2) is 47.4 Å². The van der Waals surface area contributed by atoms with Gasteiger partial charge in [0.1, 0.15) is 5.75 Å². The number of morpholine rings is 1. The number of sulfonamides is 1. The number of carbonyl (C=O) groups is 1. The number of ether oxygens (including phenoxy) is 2. The van der Waals surface area contributed by atoms with Crippen LogP contribution in [0.25, 0.3) is 0 Å². The number of benzene rings is 2. The molecule has 1 saturated heterocycles. The van der Waals surface area contributed by atoms with Gasteiger partial charge in [0.05, 0.1) is 30.9 Å². The molecule has 0 atom stereocenters. The summed E-state index contributed by atoms with van der Waals surface area (Å²) in [6, 6.07) is 12.0. The molecule has 1 N–H and O–H groups in total. The van der Waals surface area contributed by atoms with Gasteiger partial charge in [-0.25, -0.2) is 12.7 Å². The number of rotatable bonds is 7. The largest absolute Gasteiger partial charge is 0.495 e. The minimum absolute atomic E-state index is 0.0527. The van der Waals surface area contributed by atoms with Crippen molar-refractivity contribution in [1.82, 2.24) is 9.21 Å². The van der Waals surface area contributed by atoms with Gasteiger partial charge in [0, 0.05) is 39.3 Å². The summed E-state index contributed by atoms with van der Waals surface area (Å²) in [4.78, 5) is 14.8. The Balaban J connectivity index is 1.78. The molecule has 1 aliphatic heterocycles. The van der Waals surface area contributed by atoms with Crippen molar-refractivity contribution in [2.45, 2.75) is 11.4 Å². The molecule has 30 heavy (non-hydrogen) atoms. The molecule has 0 aromatic heterocycles. The Labute approximate surface area is 177 Å². The van der Waals surface area contributed by atoms with Crippen LogP contribution in [0, 0.1) is 0 Å². The zero-order valence-corrected chi connectivity index (χ0v) is 18.2. The highest BCUT2D eigenvalue weighted by molar-refractivity contribution is 7.89. The molecule has 0 spiro atoms. The fraction of sp³-hybridized carbons (Fsp3) is 0.381. The minimum atomic E-state index is -3.51. The van der Waals surface area contributed by atoms with Crippen LogP contribution in [-0.4, -0.2) is 71.0 Å².